The predicted octanol–water partition coefficient (Wildman–Crippen LogP) is 0.613. The molecule has 3 heterocycles. The molecule has 0 bridgehead atoms. The van der Waals surface area contributed by atoms with E-state index in [9.17, 15) is 4.79 Å². The van der Waals surface area contributed by atoms with Crippen molar-refractivity contribution in [3.05, 3.63) is 23.5 Å². The van der Waals surface area contributed by atoms with Crippen LogP contribution in [0.1, 0.15) is 30.3 Å². The number of nitrogens with one attached hydrogen (secondary N) is 2. The molecule has 1 amide bonds. The maximum absolute atomic E-state index is 12.1. The van der Waals surface area contributed by atoms with Gasteiger partial charge in [-0.05, 0) is 26.3 Å². The number of amides is 1. The van der Waals surface area contributed by atoms with Crippen molar-refractivity contribution in [3.63, 3.8) is 0 Å². The van der Waals surface area contributed by atoms with Crippen molar-refractivity contribution in [2.75, 3.05) is 25.0 Å². The second-order valence-electron chi connectivity index (χ2n) is 6.53. The van der Waals surface area contributed by atoms with E-state index in [1.165, 1.54) is 0 Å². The minimum absolute atomic E-state index is 0.0612. The van der Waals surface area contributed by atoms with Crippen molar-refractivity contribution in [1.82, 2.24) is 30.1 Å². The highest BCUT2D eigenvalue weighted by Gasteiger charge is 2.21. The Morgan fingerprint density at radius 1 is 1.44 bits per heavy atom. The number of carbonyl (C=O) groups is 1. The van der Waals surface area contributed by atoms with Gasteiger partial charge in [0.2, 0.25) is 11.8 Å². The average molecular weight is 347 g/mol. The second kappa shape index (κ2) is 7.75. The van der Waals surface area contributed by atoms with Crippen LogP contribution in [-0.4, -0.2) is 56.4 Å². The van der Waals surface area contributed by atoms with Crippen molar-refractivity contribution in [2.24, 2.45) is 7.05 Å². The zero-order valence-electron chi connectivity index (χ0n) is 14.9. The van der Waals surface area contributed by atoms with Gasteiger partial charge in [0, 0.05) is 32.6 Å². The van der Waals surface area contributed by atoms with Crippen molar-refractivity contribution < 1.29 is 9.32 Å². The Balaban J connectivity index is 1.44. The van der Waals surface area contributed by atoms with Gasteiger partial charge in [-0.3, -0.25) is 14.4 Å². The summed E-state index contributed by atoms with van der Waals surface area (Å²) < 4.78 is 6.69. The van der Waals surface area contributed by atoms with E-state index in [2.05, 4.69) is 30.8 Å². The first kappa shape index (κ1) is 17.6. The molecule has 3 rings (SSSR count). The Morgan fingerprint density at radius 3 is 2.96 bits per heavy atom. The summed E-state index contributed by atoms with van der Waals surface area (Å²) >= 11 is 0. The van der Waals surface area contributed by atoms with Crippen molar-refractivity contribution in [3.8, 4) is 0 Å². The van der Waals surface area contributed by atoms with Crippen LogP contribution in [0.2, 0.25) is 0 Å². The van der Waals surface area contributed by atoms with Gasteiger partial charge in [0.15, 0.2) is 5.82 Å². The van der Waals surface area contributed by atoms with E-state index in [0.717, 1.165) is 31.6 Å². The quantitative estimate of drug-likeness (QED) is 0.789. The van der Waals surface area contributed by atoms with Crippen LogP contribution in [0.5, 0.6) is 0 Å². The molecular formula is C16H25N7O2. The molecule has 2 aromatic heterocycles. The van der Waals surface area contributed by atoms with E-state index in [0.29, 0.717) is 24.1 Å². The number of hydrogen-bond acceptors (Lipinski definition) is 7. The fourth-order valence-electron chi connectivity index (χ4n) is 3.12. The topological polar surface area (TPSA) is 101 Å². The Morgan fingerprint density at radius 2 is 2.28 bits per heavy atom. The third kappa shape index (κ3) is 4.86. The maximum Gasteiger partial charge on any atom is 0.239 e. The summed E-state index contributed by atoms with van der Waals surface area (Å²) in [4.78, 5) is 18.7. The van der Waals surface area contributed by atoms with E-state index < -0.39 is 0 Å². The van der Waals surface area contributed by atoms with Gasteiger partial charge in [-0.15, -0.1) is 0 Å². The smallest absolute Gasteiger partial charge is 0.239 e. The summed E-state index contributed by atoms with van der Waals surface area (Å²) in [5.74, 6) is 1.95. The molecule has 1 aliphatic rings. The average Bonchev–Trinajstić information content (AvgIpc) is 3.11. The van der Waals surface area contributed by atoms with Gasteiger partial charge in [-0.25, -0.2) is 0 Å². The van der Waals surface area contributed by atoms with Gasteiger partial charge >= 0.3 is 0 Å². The molecule has 0 aliphatic carbocycles. The summed E-state index contributed by atoms with van der Waals surface area (Å²) in [6.45, 7) is 6.52. The summed E-state index contributed by atoms with van der Waals surface area (Å²) in [7, 11) is 1.81. The fourth-order valence-corrected chi connectivity index (χ4v) is 3.12. The van der Waals surface area contributed by atoms with Gasteiger partial charge in [0.05, 0.1) is 18.8 Å². The molecule has 0 radical (unpaired) electrons. The maximum atomic E-state index is 12.1. The highest BCUT2D eigenvalue weighted by atomic mass is 16.5. The minimum atomic E-state index is -0.0612. The molecule has 1 saturated heterocycles. The zero-order valence-corrected chi connectivity index (χ0v) is 14.9. The van der Waals surface area contributed by atoms with Crippen LogP contribution in [0.4, 0.5) is 5.82 Å². The molecule has 1 aliphatic heterocycles. The van der Waals surface area contributed by atoms with E-state index in [4.69, 9.17) is 4.52 Å². The monoisotopic (exact) mass is 347 g/mol. The van der Waals surface area contributed by atoms with Gasteiger partial charge in [0.1, 0.15) is 5.82 Å². The Kier molecular flexibility index (Phi) is 5.44. The number of likely N-dealkylation sites (tertiary alicyclic amines) is 1. The third-order valence-corrected chi connectivity index (χ3v) is 4.26. The number of hydrogen-bond donors (Lipinski definition) is 2. The summed E-state index contributed by atoms with van der Waals surface area (Å²) in [5.41, 5.74) is 0.880. The molecule has 2 aromatic rings. The molecule has 1 atom stereocenters. The Bertz CT molecular complexity index is 724. The van der Waals surface area contributed by atoms with E-state index in [-0.39, 0.29) is 18.5 Å². The number of nitrogens with zero attached hydrogens (tertiary/aromatic N) is 5. The van der Waals surface area contributed by atoms with E-state index >= 15 is 0 Å². The largest absolute Gasteiger partial charge is 0.340 e. The SMILES string of the molecule is Cc1cc(NC(=O)CNC2CCCN(Cc3noc(C)n3)C2)n(C)n1. The van der Waals surface area contributed by atoms with Gasteiger partial charge in [-0.1, -0.05) is 5.16 Å². The normalized spacial score (nSPS) is 18.4. The molecule has 9 nitrogen and oxygen atoms in total. The summed E-state index contributed by atoms with van der Waals surface area (Å²) in [6, 6.07) is 2.13. The number of rotatable bonds is 6. The van der Waals surface area contributed by atoms with Gasteiger partial charge < -0.3 is 15.2 Å². The molecule has 2 N–H and O–H groups in total. The molecule has 0 saturated carbocycles. The van der Waals surface area contributed by atoms with Crippen LogP contribution in [-0.2, 0) is 18.4 Å². The molecular weight excluding hydrogens is 322 g/mol. The summed E-state index contributed by atoms with van der Waals surface area (Å²) in [6.07, 6.45) is 2.14. The molecule has 0 spiro atoms. The van der Waals surface area contributed by atoms with E-state index in [1.807, 2.05) is 20.0 Å². The molecule has 25 heavy (non-hydrogen) atoms. The number of carbonyl (C=O) groups excluding carboxylic acids is 1. The standard InChI is InChI=1S/C16H25N7O2/c1-11-7-15(22(3)20-11)19-16(24)8-17-13-5-4-6-23(9-13)10-14-18-12(2)25-21-14/h7,13,17H,4-6,8-10H2,1-3H3,(H,19,24). The highest BCUT2D eigenvalue weighted by Crippen LogP contribution is 2.13. The molecule has 9 heteroatoms. The van der Waals surface area contributed by atoms with Crippen molar-refractivity contribution >= 4 is 11.7 Å². The highest BCUT2D eigenvalue weighted by molar-refractivity contribution is 5.91. The van der Waals surface area contributed by atoms with Crippen molar-refractivity contribution in [2.45, 2.75) is 39.3 Å². The first-order valence-corrected chi connectivity index (χ1v) is 8.55. The van der Waals surface area contributed by atoms with Gasteiger partial charge in [-0.2, -0.15) is 10.1 Å². The molecule has 1 unspecified atom stereocenters. The molecule has 136 valence electrons. The first-order chi connectivity index (χ1) is 12.0. The lowest BCUT2D eigenvalue weighted by atomic mass is 10.1. The number of aromatic nitrogens is 4. The third-order valence-electron chi connectivity index (χ3n) is 4.26. The second-order valence-corrected chi connectivity index (χ2v) is 6.53. The molecule has 1 fully saturated rings. The number of anilines is 1. The van der Waals surface area contributed by atoms with Crippen LogP contribution >= 0.6 is 0 Å². The lowest BCUT2D eigenvalue weighted by molar-refractivity contribution is -0.115. The van der Waals surface area contributed by atoms with E-state index in [1.54, 1.807) is 11.6 Å². The fraction of sp³-hybridized carbons (Fsp3) is 0.625. The van der Waals surface area contributed by atoms with Crippen LogP contribution in [0.25, 0.3) is 0 Å². The molecule has 0 aromatic carbocycles. The van der Waals surface area contributed by atoms with Gasteiger partial charge in [0.25, 0.3) is 0 Å². The van der Waals surface area contributed by atoms with Crippen LogP contribution in [0.15, 0.2) is 10.6 Å². The Hall–Kier alpha value is -2.26. The minimum Gasteiger partial charge on any atom is -0.340 e. The van der Waals surface area contributed by atoms with Crippen LogP contribution < -0.4 is 10.6 Å². The Labute approximate surface area is 146 Å². The lowest BCUT2D eigenvalue weighted by Gasteiger charge is -2.32. The predicted molar refractivity (Wildman–Crippen MR) is 91.9 cm³/mol. The number of aryl methyl sites for hydroxylation is 3. The van der Waals surface area contributed by atoms with Crippen LogP contribution in [0.3, 0.4) is 0 Å². The van der Waals surface area contributed by atoms with Crippen molar-refractivity contribution in [1.29, 1.82) is 0 Å². The van der Waals surface area contributed by atoms with Crippen LogP contribution in [0, 0.1) is 13.8 Å². The summed E-state index contributed by atoms with van der Waals surface area (Å²) in [5, 5.41) is 14.4. The first-order valence-electron chi connectivity index (χ1n) is 8.55. The zero-order chi connectivity index (χ0) is 17.8. The number of piperidine rings is 1. The lowest BCUT2D eigenvalue weighted by Crippen LogP contribution is -2.47.